The second kappa shape index (κ2) is 6.88. The van der Waals surface area contributed by atoms with Gasteiger partial charge < -0.3 is 15.0 Å². The second-order valence-electron chi connectivity index (χ2n) is 5.38. The number of carbonyl (C=O) groups is 2. The van der Waals surface area contributed by atoms with Gasteiger partial charge in [0.1, 0.15) is 10.6 Å². The molecule has 2 heterocycles. The van der Waals surface area contributed by atoms with Crippen LogP contribution in [0.1, 0.15) is 27.7 Å². The number of nitrogens with one attached hydrogen (secondary N) is 1. The number of amides is 2. The van der Waals surface area contributed by atoms with Crippen LogP contribution in [0.15, 0.2) is 42.3 Å². The van der Waals surface area contributed by atoms with Gasteiger partial charge in [-0.3, -0.25) is 9.59 Å². The van der Waals surface area contributed by atoms with E-state index >= 15 is 0 Å². The lowest BCUT2D eigenvalue weighted by atomic mass is 10.1. The highest BCUT2D eigenvalue weighted by molar-refractivity contribution is 7.12. The number of rotatable bonds is 5. The molecule has 0 unspecified atom stereocenters. The summed E-state index contributed by atoms with van der Waals surface area (Å²) in [4.78, 5) is 26.4. The summed E-state index contributed by atoms with van der Waals surface area (Å²) in [6.07, 6.45) is 1.32. The molecule has 6 heteroatoms. The first kappa shape index (κ1) is 16.3. The molecule has 2 amide bonds. The summed E-state index contributed by atoms with van der Waals surface area (Å²) >= 11 is 1.35. The fourth-order valence-corrected chi connectivity index (χ4v) is 3.41. The fraction of sp³-hybridized carbons (Fsp3) is 0.222. The van der Waals surface area contributed by atoms with Crippen LogP contribution < -0.4 is 10.1 Å². The number of ether oxygens (including phenoxy) is 1. The van der Waals surface area contributed by atoms with Crippen molar-refractivity contribution in [2.24, 2.45) is 0 Å². The molecule has 0 fully saturated rings. The lowest BCUT2D eigenvalue weighted by Gasteiger charge is -2.11. The van der Waals surface area contributed by atoms with Gasteiger partial charge in [-0.25, -0.2) is 0 Å². The zero-order valence-corrected chi connectivity index (χ0v) is 14.2. The Balaban J connectivity index is 1.74. The largest absolute Gasteiger partial charge is 0.492 e. The van der Waals surface area contributed by atoms with Crippen LogP contribution in [0.2, 0.25) is 0 Å². The van der Waals surface area contributed by atoms with E-state index in [0.717, 1.165) is 11.1 Å². The number of hydrogen-bond acceptors (Lipinski definition) is 4. The van der Waals surface area contributed by atoms with Crippen molar-refractivity contribution >= 4 is 28.8 Å². The molecule has 124 valence electrons. The Morgan fingerprint density at radius 3 is 2.88 bits per heavy atom. The Labute approximate surface area is 144 Å². The van der Waals surface area contributed by atoms with Crippen molar-refractivity contribution in [2.45, 2.75) is 20.0 Å². The van der Waals surface area contributed by atoms with Gasteiger partial charge in [-0.15, -0.1) is 11.3 Å². The molecule has 0 atom stereocenters. The Kier molecular flexibility index (Phi) is 4.66. The lowest BCUT2D eigenvalue weighted by Crippen LogP contribution is -2.22. The van der Waals surface area contributed by atoms with Gasteiger partial charge >= 0.3 is 0 Å². The van der Waals surface area contributed by atoms with E-state index in [1.165, 1.54) is 17.4 Å². The Bertz CT molecular complexity index is 797. The minimum atomic E-state index is -0.189. The number of carbonyl (C=O) groups excluding carboxylic acids is 2. The van der Waals surface area contributed by atoms with Crippen molar-refractivity contribution in [2.75, 3.05) is 11.9 Å². The van der Waals surface area contributed by atoms with Crippen molar-refractivity contribution < 1.29 is 14.3 Å². The van der Waals surface area contributed by atoms with Gasteiger partial charge in [0.15, 0.2) is 0 Å². The normalized spacial score (nSPS) is 12.6. The Hall–Kier alpha value is -2.60. The smallest absolute Gasteiger partial charge is 0.269 e. The molecule has 1 aliphatic heterocycles. The maximum Gasteiger partial charge on any atom is 0.269 e. The van der Waals surface area contributed by atoms with E-state index in [1.54, 1.807) is 11.0 Å². The van der Waals surface area contributed by atoms with E-state index < -0.39 is 0 Å². The Morgan fingerprint density at radius 2 is 2.12 bits per heavy atom. The van der Waals surface area contributed by atoms with Gasteiger partial charge in [-0.05, 0) is 47.7 Å². The van der Waals surface area contributed by atoms with Gasteiger partial charge in [0.2, 0.25) is 5.91 Å². The first-order valence-electron chi connectivity index (χ1n) is 7.67. The molecule has 24 heavy (non-hydrogen) atoms. The van der Waals surface area contributed by atoms with E-state index in [2.05, 4.69) is 11.9 Å². The molecule has 1 N–H and O–H groups in total. The van der Waals surface area contributed by atoms with E-state index in [0.29, 0.717) is 36.0 Å². The molecule has 2 aromatic rings. The molecule has 0 saturated heterocycles. The average Bonchev–Trinajstić information content (AvgIpc) is 3.20. The number of thiophene rings is 1. The van der Waals surface area contributed by atoms with E-state index in [-0.39, 0.29) is 11.8 Å². The van der Waals surface area contributed by atoms with Crippen LogP contribution in [-0.2, 0) is 17.9 Å². The highest BCUT2D eigenvalue weighted by atomic mass is 32.1. The molecular weight excluding hydrogens is 324 g/mol. The average molecular weight is 342 g/mol. The molecule has 1 aromatic carbocycles. The van der Waals surface area contributed by atoms with Crippen molar-refractivity contribution in [3.8, 4) is 5.75 Å². The van der Waals surface area contributed by atoms with Crippen LogP contribution in [0.4, 0.5) is 5.69 Å². The van der Waals surface area contributed by atoms with Crippen molar-refractivity contribution in [3.63, 3.8) is 0 Å². The van der Waals surface area contributed by atoms with E-state index in [9.17, 15) is 9.59 Å². The summed E-state index contributed by atoms with van der Waals surface area (Å²) in [7, 11) is 0. The quantitative estimate of drug-likeness (QED) is 0.847. The first-order chi connectivity index (χ1) is 11.6. The third-order valence-electron chi connectivity index (χ3n) is 3.81. The van der Waals surface area contributed by atoms with Crippen LogP contribution in [0, 0.1) is 0 Å². The van der Waals surface area contributed by atoms with Crippen molar-refractivity contribution in [1.82, 2.24) is 4.90 Å². The van der Waals surface area contributed by atoms with Crippen LogP contribution >= 0.6 is 11.3 Å². The zero-order valence-electron chi connectivity index (χ0n) is 13.4. The molecular formula is C18H18N2O3S. The molecule has 0 spiro atoms. The maximum absolute atomic E-state index is 12.4. The van der Waals surface area contributed by atoms with Crippen LogP contribution in [-0.4, -0.2) is 23.3 Å². The highest BCUT2D eigenvalue weighted by Crippen LogP contribution is 2.28. The topological polar surface area (TPSA) is 58.6 Å². The summed E-state index contributed by atoms with van der Waals surface area (Å²) in [5, 5.41) is 4.73. The van der Waals surface area contributed by atoms with Crippen molar-refractivity contribution in [1.29, 1.82) is 0 Å². The molecule has 0 bridgehead atoms. The summed E-state index contributed by atoms with van der Waals surface area (Å²) < 4.78 is 5.46. The fourth-order valence-electron chi connectivity index (χ4n) is 2.68. The molecule has 3 rings (SSSR count). The number of fused-ring (bicyclic) bond motifs is 1. The van der Waals surface area contributed by atoms with E-state index in [1.807, 2.05) is 30.5 Å². The molecule has 0 aliphatic carbocycles. The third-order valence-corrected chi connectivity index (χ3v) is 4.70. The molecule has 1 aromatic heterocycles. The number of benzene rings is 1. The van der Waals surface area contributed by atoms with Gasteiger partial charge in [-0.2, -0.15) is 0 Å². The van der Waals surface area contributed by atoms with Crippen LogP contribution in [0.25, 0.3) is 0 Å². The first-order valence-corrected chi connectivity index (χ1v) is 8.55. The summed E-state index contributed by atoms with van der Waals surface area (Å²) in [5.41, 5.74) is 2.84. The number of nitrogens with zero attached hydrogens (tertiary/aromatic N) is 1. The summed E-state index contributed by atoms with van der Waals surface area (Å²) in [6, 6.07) is 7.51. The third kappa shape index (κ3) is 3.19. The maximum atomic E-state index is 12.4. The zero-order chi connectivity index (χ0) is 17.1. The van der Waals surface area contributed by atoms with Gasteiger partial charge in [0, 0.05) is 18.8 Å². The van der Waals surface area contributed by atoms with E-state index in [4.69, 9.17) is 4.74 Å². The Morgan fingerprint density at radius 1 is 1.33 bits per heavy atom. The van der Waals surface area contributed by atoms with Gasteiger partial charge in [-0.1, -0.05) is 12.6 Å². The molecule has 0 radical (unpaired) electrons. The number of anilines is 1. The number of hydrogen-bond donors (Lipinski definition) is 1. The molecule has 0 saturated carbocycles. The molecule has 1 aliphatic rings. The lowest BCUT2D eigenvalue weighted by molar-refractivity contribution is -0.126. The predicted octanol–water partition coefficient (Wildman–Crippen LogP) is 3.43. The van der Waals surface area contributed by atoms with Crippen LogP contribution in [0.5, 0.6) is 5.75 Å². The minimum absolute atomic E-state index is 0.0864. The van der Waals surface area contributed by atoms with Gasteiger partial charge in [0.05, 0.1) is 6.61 Å². The second-order valence-corrected chi connectivity index (χ2v) is 6.30. The monoisotopic (exact) mass is 342 g/mol. The van der Waals surface area contributed by atoms with Gasteiger partial charge in [0.25, 0.3) is 5.91 Å². The standard InChI is InChI=1S/C18H18N2O3S/c1-3-16(21)20-10-12-5-6-14(9-13(12)11-20)19-18(22)17-15(23-4-2)7-8-24-17/h3,5-9H,1,4,10-11H2,2H3,(H,19,22). The predicted molar refractivity (Wildman–Crippen MR) is 94.3 cm³/mol. The minimum Gasteiger partial charge on any atom is -0.492 e. The summed E-state index contributed by atoms with van der Waals surface area (Å²) in [6.45, 7) is 7.03. The van der Waals surface area contributed by atoms with Crippen molar-refractivity contribution in [3.05, 3.63) is 58.3 Å². The summed E-state index contributed by atoms with van der Waals surface area (Å²) in [5.74, 6) is 0.325. The molecule has 5 nitrogen and oxygen atoms in total. The SMILES string of the molecule is C=CC(=O)N1Cc2ccc(NC(=O)c3sccc3OCC)cc2C1. The van der Waals surface area contributed by atoms with Crippen LogP contribution in [0.3, 0.4) is 0 Å². The highest BCUT2D eigenvalue weighted by Gasteiger charge is 2.22.